The van der Waals surface area contributed by atoms with Crippen LogP contribution >= 0.6 is 22.9 Å². The highest BCUT2D eigenvalue weighted by Gasteiger charge is 2.19. The van der Waals surface area contributed by atoms with Crippen molar-refractivity contribution >= 4 is 28.7 Å². The average molecular weight is 281 g/mol. The first-order chi connectivity index (χ1) is 8.54. The van der Waals surface area contributed by atoms with Crippen molar-refractivity contribution in [2.75, 3.05) is 7.11 Å². The maximum atomic E-state index is 12.4. The molecule has 0 amide bonds. The van der Waals surface area contributed by atoms with Crippen molar-refractivity contribution in [2.24, 2.45) is 0 Å². The van der Waals surface area contributed by atoms with E-state index in [1.54, 1.807) is 13.2 Å². The van der Waals surface area contributed by atoms with Crippen LogP contribution in [0.3, 0.4) is 0 Å². The molecule has 0 saturated heterocycles. The van der Waals surface area contributed by atoms with Gasteiger partial charge in [-0.3, -0.25) is 4.79 Å². The minimum absolute atomic E-state index is 0.0880. The van der Waals surface area contributed by atoms with E-state index in [0.717, 1.165) is 11.1 Å². The number of hydrogen-bond acceptors (Lipinski definition) is 3. The minimum Gasteiger partial charge on any atom is -0.495 e. The molecule has 0 atom stereocenters. The van der Waals surface area contributed by atoms with Gasteiger partial charge in [-0.25, -0.2) is 0 Å². The molecule has 0 aliphatic carbocycles. The fourth-order valence-corrected chi connectivity index (χ4v) is 2.82. The summed E-state index contributed by atoms with van der Waals surface area (Å²) in [6, 6.07) is 5.44. The molecule has 1 heterocycles. The summed E-state index contributed by atoms with van der Waals surface area (Å²) in [5.41, 5.74) is 2.66. The standard InChI is InChI=1S/C14H13ClO2S/c1-8-6-10(11(15)7-9(8)2)13(16)14-12(17-3)4-5-18-14/h4-7H,1-3H3. The largest absolute Gasteiger partial charge is 0.495 e. The van der Waals surface area contributed by atoms with Gasteiger partial charge in [-0.15, -0.1) is 11.3 Å². The zero-order valence-electron chi connectivity index (χ0n) is 10.4. The number of hydrogen-bond donors (Lipinski definition) is 0. The van der Waals surface area contributed by atoms with E-state index < -0.39 is 0 Å². The maximum Gasteiger partial charge on any atom is 0.208 e. The Morgan fingerprint density at radius 1 is 1.28 bits per heavy atom. The summed E-state index contributed by atoms with van der Waals surface area (Å²) in [5, 5.41) is 2.32. The lowest BCUT2D eigenvalue weighted by atomic mass is 10.0. The summed E-state index contributed by atoms with van der Waals surface area (Å²) in [6.45, 7) is 3.94. The Balaban J connectivity index is 2.50. The molecule has 0 unspecified atom stereocenters. The molecule has 0 radical (unpaired) electrons. The van der Waals surface area contributed by atoms with Crippen molar-refractivity contribution in [2.45, 2.75) is 13.8 Å². The molecule has 94 valence electrons. The number of ketones is 1. The number of halogens is 1. The van der Waals surface area contributed by atoms with E-state index in [4.69, 9.17) is 16.3 Å². The highest BCUT2D eigenvalue weighted by Crippen LogP contribution is 2.30. The number of ether oxygens (including phenoxy) is 1. The van der Waals surface area contributed by atoms with Crippen LogP contribution in [0.25, 0.3) is 0 Å². The number of rotatable bonds is 3. The molecule has 18 heavy (non-hydrogen) atoms. The Hall–Kier alpha value is -1.32. The molecule has 0 aliphatic rings. The predicted octanol–water partition coefficient (Wildman–Crippen LogP) is 4.26. The van der Waals surface area contributed by atoms with Crippen LogP contribution < -0.4 is 4.74 Å². The highest BCUT2D eigenvalue weighted by atomic mass is 35.5. The summed E-state index contributed by atoms with van der Waals surface area (Å²) in [6.07, 6.45) is 0. The molecule has 0 aliphatic heterocycles. The first-order valence-electron chi connectivity index (χ1n) is 5.47. The van der Waals surface area contributed by atoms with Gasteiger partial charge in [0.05, 0.1) is 12.1 Å². The molecule has 0 fully saturated rings. The average Bonchev–Trinajstić information content (AvgIpc) is 2.81. The SMILES string of the molecule is COc1ccsc1C(=O)c1cc(C)c(C)cc1Cl. The fraction of sp³-hybridized carbons (Fsp3) is 0.214. The van der Waals surface area contributed by atoms with Crippen LogP contribution in [0.15, 0.2) is 23.6 Å². The van der Waals surface area contributed by atoms with E-state index in [-0.39, 0.29) is 5.78 Å². The number of benzene rings is 1. The Kier molecular flexibility index (Phi) is 3.73. The second-order valence-corrected chi connectivity index (χ2v) is 5.39. The second-order valence-electron chi connectivity index (χ2n) is 4.06. The van der Waals surface area contributed by atoms with Crippen LogP contribution in [0.5, 0.6) is 5.75 Å². The topological polar surface area (TPSA) is 26.3 Å². The van der Waals surface area contributed by atoms with E-state index in [9.17, 15) is 4.79 Å². The van der Waals surface area contributed by atoms with Gasteiger partial charge in [0.15, 0.2) is 0 Å². The number of thiophene rings is 1. The van der Waals surface area contributed by atoms with Gasteiger partial charge in [-0.2, -0.15) is 0 Å². The number of methoxy groups -OCH3 is 1. The van der Waals surface area contributed by atoms with Crippen LogP contribution in [-0.2, 0) is 0 Å². The van der Waals surface area contributed by atoms with Gasteiger partial charge in [0.25, 0.3) is 0 Å². The van der Waals surface area contributed by atoms with Gasteiger partial charge in [0, 0.05) is 5.56 Å². The second kappa shape index (κ2) is 5.12. The lowest BCUT2D eigenvalue weighted by Gasteiger charge is -2.07. The molecule has 0 spiro atoms. The lowest BCUT2D eigenvalue weighted by Crippen LogP contribution is -2.03. The molecular weight excluding hydrogens is 268 g/mol. The first kappa shape index (κ1) is 13.1. The molecule has 2 rings (SSSR count). The molecule has 1 aromatic heterocycles. The molecular formula is C14H13ClO2S. The first-order valence-corrected chi connectivity index (χ1v) is 6.73. The molecule has 4 heteroatoms. The normalized spacial score (nSPS) is 10.4. The van der Waals surface area contributed by atoms with Gasteiger partial charge in [0.2, 0.25) is 5.78 Å². The van der Waals surface area contributed by atoms with Crippen LogP contribution in [0.2, 0.25) is 5.02 Å². The molecule has 0 bridgehead atoms. The predicted molar refractivity (Wildman–Crippen MR) is 75.2 cm³/mol. The lowest BCUT2D eigenvalue weighted by molar-refractivity contribution is 0.104. The molecule has 1 aromatic carbocycles. The third-order valence-electron chi connectivity index (χ3n) is 2.88. The number of aryl methyl sites for hydroxylation is 2. The van der Waals surface area contributed by atoms with Crippen LogP contribution in [-0.4, -0.2) is 12.9 Å². The summed E-state index contributed by atoms with van der Waals surface area (Å²) in [5.74, 6) is 0.509. The molecule has 0 N–H and O–H groups in total. The quantitative estimate of drug-likeness (QED) is 0.786. The van der Waals surface area contributed by atoms with Gasteiger partial charge in [-0.05, 0) is 48.6 Å². The summed E-state index contributed by atoms with van der Waals surface area (Å²) < 4.78 is 5.17. The van der Waals surface area contributed by atoms with Crippen molar-refractivity contribution < 1.29 is 9.53 Å². The zero-order valence-corrected chi connectivity index (χ0v) is 12.0. The zero-order chi connectivity index (χ0) is 13.3. The Morgan fingerprint density at radius 3 is 2.61 bits per heavy atom. The highest BCUT2D eigenvalue weighted by molar-refractivity contribution is 7.12. The van der Waals surface area contributed by atoms with Crippen molar-refractivity contribution in [3.63, 3.8) is 0 Å². The molecule has 0 saturated carbocycles. The van der Waals surface area contributed by atoms with E-state index >= 15 is 0 Å². The Labute approximate surface area is 115 Å². The van der Waals surface area contributed by atoms with Gasteiger partial charge in [-0.1, -0.05) is 11.6 Å². The number of carbonyl (C=O) groups excluding carboxylic acids is 1. The van der Waals surface area contributed by atoms with Crippen LogP contribution in [0, 0.1) is 13.8 Å². The molecule has 2 nitrogen and oxygen atoms in total. The maximum absolute atomic E-state index is 12.4. The van der Waals surface area contributed by atoms with Gasteiger partial charge >= 0.3 is 0 Å². The third-order valence-corrected chi connectivity index (χ3v) is 4.09. The Bertz CT molecular complexity index is 602. The summed E-state index contributed by atoms with van der Waals surface area (Å²) >= 11 is 7.51. The monoisotopic (exact) mass is 280 g/mol. The third kappa shape index (κ3) is 2.28. The summed E-state index contributed by atoms with van der Waals surface area (Å²) in [4.78, 5) is 13.0. The van der Waals surface area contributed by atoms with Gasteiger partial charge < -0.3 is 4.74 Å². The van der Waals surface area contributed by atoms with Crippen molar-refractivity contribution in [3.8, 4) is 5.75 Å². The van der Waals surface area contributed by atoms with Crippen LogP contribution in [0.1, 0.15) is 26.4 Å². The van der Waals surface area contributed by atoms with E-state index in [2.05, 4.69) is 0 Å². The molecule has 2 aromatic rings. The summed E-state index contributed by atoms with van der Waals surface area (Å²) in [7, 11) is 1.56. The fourth-order valence-electron chi connectivity index (χ4n) is 1.70. The number of carbonyl (C=O) groups is 1. The smallest absolute Gasteiger partial charge is 0.208 e. The van der Waals surface area contributed by atoms with E-state index in [1.165, 1.54) is 11.3 Å². The minimum atomic E-state index is -0.0880. The van der Waals surface area contributed by atoms with Crippen molar-refractivity contribution in [1.82, 2.24) is 0 Å². The van der Waals surface area contributed by atoms with Crippen molar-refractivity contribution in [1.29, 1.82) is 0 Å². The Morgan fingerprint density at radius 2 is 1.94 bits per heavy atom. The van der Waals surface area contributed by atoms with Gasteiger partial charge in [0.1, 0.15) is 10.6 Å². The van der Waals surface area contributed by atoms with E-state index in [0.29, 0.717) is 21.2 Å². The van der Waals surface area contributed by atoms with Crippen molar-refractivity contribution in [3.05, 3.63) is 50.2 Å². The van der Waals surface area contributed by atoms with E-state index in [1.807, 2.05) is 31.4 Å². The van der Waals surface area contributed by atoms with Crippen LogP contribution in [0.4, 0.5) is 0 Å².